The number of aliphatic hydroxyl groups excluding tert-OH is 1. The van der Waals surface area contributed by atoms with E-state index in [0.717, 1.165) is 54.9 Å². The molecule has 8 heteroatoms. The van der Waals surface area contributed by atoms with Crippen molar-refractivity contribution in [2.45, 2.75) is 56.8 Å². The summed E-state index contributed by atoms with van der Waals surface area (Å²) in [5, 5.41) is 31.2. The van der Waals surface area contributed by atoms with Crippen molar-refractivity contribution in [3.05, 3.63) is 17.6 Å². The van der Waals surface area contributed by atoms with Crippen molar-refractivity contribution in [3.8, 4) is 11.5 Å². The topological polar surface area (TPSA) is 116 Å². The van der Waals surface area contributed by atoms with Crippen molar-refractivity contribution in [2.75, 3.05) is 17.2 Å². The zero-order chi connectivity index (χ0) is 18.9. The smallest absolute Gasteiger partial charge is 0.261 e. The van der Waals surface area contributed by atoms with Gasteiger partial charge in [0, 0.05) is 24.3 Å². The molecule has 4 aliphatic carbocycles. The lowest BCUT2D eigenvalue weighted by atomic mass is 9.52. The Labute approximate surface area is 162 Å². The van der Waals surface area contributed by atoms with E-state index in [1.165, 1.54) is 12.8 Å². The van der Waals surface area contributed by atoms with Gasteiger partial charge in [-0.2, -0.15) is 4.98 Å². The molecule has 4 N–H and O–H groups in total. The Balaban J connectivity index is 1.39. The van der Waals surface area contributed by atoms with Crippen LogP contribution in [0.5, 0.6) is 0 Å². The van der Waals surface area contributed by atoms with Gasteiger partial charge in [0.2, 0.25) is 0 Å². The zero-order valence-electron chi connectivity index (χ0n) is 15.7. The molecule has 4 saturated carbocycles. The van der Waals surface area contributed by atoms with E-state index >= 15 is 0 Å². The first-order chi connectivity index (χ1) is 13.6. The molecule has 3 heterocycles. The molecule has 0 radical (unpaired) electrons. The Bertz CT molecular complexity index is 913. The van der Waals surface area contributed by atoms with Crippen LogP contribution in [0, 0.1) is 17.8 Å². The van der Waals surface area contributed by atoms with Crippen molar-refractivity contribution < 1.29 is 14.7 Å². The van der Waals surface area contributed by atoms with Gasteiger partial charge in [0.05, 0.1) is 16.9 Å². The average Bonchev–Trinajstić information content (AvgIpc) is 3.32. The molecule has 0 amide bonds. The number of aromatic nitrogens is 3. The minimum absolute atomic E-state index is 0.251. The number of nitrogens with one attached hydrogen (secondary N) is 2. The van der Waals surface area contributed by atoms with Crippen molar-refractivity contribution >= 4 is 11.5 Å². The summed E-state index contributed by atoms with van der Waals surface area (Å²) in [5.74, 6) is 3.24. The van der Waals surface area contributed by atoms with Gasteiger partial charge >= 0.3 is 0 Å². The summed E-state index contributed by atoms with van der Waals surface area (Å²) in [6, 6.07) is 0.350. The largest absolute Gasteiger partial charge is 0.390 e. The molecular weight excluding hydrogens is 358 g/mol. The third-order valence-corrected chi connectivity index (χ3v) is 7.24. The number of aliphatic hydroxyl groups is 2. The molecular formula is C20H25N5O3. The van der Waals surface area contributed by atoms with E-state index in [0.29, 0.717) is 29.7 Å². The van der Waals surface area contributed by atoms with Crippen molar-refractivity contribution in [2.24, 2.45) is 17.8 Å². The first kappa shape index (κ1) is 16.7. The molecule has 7 rings (SSSR count). The van der Waals surface area contributed by atoms with Crippen LogP contribution in [0.15, 0.2) is 10.7 Å². The first-order valence-electron chi connectivity index (χ1n) is 10.3. The van der Waals surface area contributed by atoms with Gasteiger partial charge in [0.25, 0.3) is 5.89 Å². The van der Waals surface area contributed by atoms with Gasteiger partial charge in [-0.3, -0.25) is 0 Å². The van der Waals surface area contributed by atoms with Crippen LogP contribution in [-0.2, 0) is 13.0 Å². The molecule has 28 heavy (non-hydrogen) atoms. The highest BCUT2D eigenvalue weighted by Gasteiger charge is 2.54. The Morgan fingerprint density at radius 2 is 2.07 bits per heavy atom. The minimum Gasteiger partial charge on any atom is -0.390 e. The maximum atomic E-state index is 10.9. The van der Waals surface area contributed by atoms with Crippen LogP contribution < -0.4 is 10.6 Å². The standard InChI is InChI=1S/C20H25N5O3/c26-9-15-23-19(28-25-15)14-8-22-18-13(1-2-21-18)17(14)24-16-11-3-10-4-12(16)7-20(27,5-10)6-11/h8,10-12,16,26-27H,1-7,9H2,(H2,21,22,24)/t10?,11?,12?,16-,20+. The number of fused-ring (bicyclic) bond motifs is 1. The molecule has 0 spiro atoms. The molecule has 4 bridgehead atoms. The number of nitrogens with zero attached hydrogens (tertiary/aromatic N) is 3. The van der Waals surface area contributed by atoms with E-state index in [-0.39, 0.29) is 12.4 Å². The molecule has 2 aromatic rings. The van der Waals surface area contributed by atoms with Crippen LogP contribution in [0.25, 0.3) is 11.5 Å². The van der Waals surface area contributed by atoms with Crippen molar-refractivity contribution in [1.29, 1.82) is 0 Å². The molecule has 8 nitrogen and oxygen atoms in total. The highest BCUT2D eigenvalue weighted by molar-refractivity contribution is 5.80. The van der Waals surface area contributed by atoms with Gasteiger partial charge in [-0.15, -0.1) is 0 Å². The molecule has 0 aromatic carbocycles. The first-order valence-corrected chi connectivity index (χ1v) is 10.3. The third kappa shape index (κ3) is 2.47. The van der Waals surface area contributed by atoms with Crippen LogP contribution in [0.1, 0.15) is 43.5 Å². The second kappa shape index (κ2) is 5.90. The molecule has 0 saturated heterocycles. The summed E-state index contributed by atoms with van der Waals surface area (Å²) in [4.78, 5) is 8.86. The van der Waals surface area contributed by atoms with Gasteiger partial charge in [-0.25, -0.2) is 4.98 Å². The molecule has 5 aliphatic rings. The lowest BCUT2D eigenvalue weighted by Crippen LogP contribution is -2.59. The fourth-order valence-electron chi connectivity index (χ4n) is 6.39. The van der Waals surface area contributed by atoms with Crippen LogP contribution in [0.3, 0.4) is 0 Å². The van der Waals surface area contributed by atoms with E-state index < -0.39 is 5.60 Å². The van der Waals surface area contributed by atoms with Gasteiger partial charge in [0.1, 0.15) is 12.4 Å². The van der Waals surface area contributed by atoms with Crippen molar-refractivity contribution in [3.63, 3.8) is 0 Å². The quantitative estimate of drug-likeness (QED) is 0.633. The molecule has 2 unspecified atom stereocenters. The van der Waals surface area contributed by atoms with Crippen LogP contribution in [-0.4, -0.2) is 43.5 Å². The van der Waals surface area contributed by atoms with E-state index in [9.17, 15) is 10.2 Å². The van der Waals surface area contributed by atoms with Gasteiger partial charge in [-0.1, -0.05) is 5.16 Å². The fraction of sp³-hybridized carbons (Fsp3) is 0.650. The Kier molecular flexibility index (Phi) is 3.53. The second-order valence-electron chi connectivity index (χ2n) is 9.09. The maximum absolute atomic E-state index is 10.9. The summed E-state index contributed by atoms with van der Waals surface area (Å²) in [6.45, 7) is 0.616. The second-order valence-corrected chi connectivity index (χ2v) is 9.09. The van der Waals surface area contributed by atoms with E-state index in [2.05, 4.69) is 25.8 Å². The third-order valence-electron chi connectivity index (χ3n) is 7.24. The summed E-state index contributed by atoms with van der Waals surface area (Å²) >= 11 is 0. The Hall–Kier alpha value is -2.19. The van der Waals surface area contributed by atoms with E-state index in [1.807, 2.05) is 0 Å². The lowest BCUT2D eigenvalue weighted by Gasteiger charge is -2.58. The maximum Gasteiger partial charge on any atom is 0.261 e. The predicted octanol–water partition coefficient (Wildman–Crippen LogP) is 1.94. The molecule has 1 aliphatic heterocycles. The molecule has 2 atom stereocenters. The number of anilines is 2. The van der Waals surface area contributed by atoms with Crippen LogP contribution >= 0.6 is 0 Å². The molecule has 4 fully saturated rings. The number of hydrogen-bond acceptors (Lipinski definition) is 8. The Morgan fingerprint density at radius 3 is 2.79 bits per heavy atom. The molecule has 2 aromatic heterocycles. The highest BCUT2D eigenvalue weighted by Crippen LogP contribution is 2.56. The van der Waals surface area contributed by atoms with Gasteiger partial charge in [0.15, 0.2) is 5.82 Å². The van der Waals surface area contributed by atoms with E-state index in [4.69, 9.17) is 4.52 Å². The minimum atomic E-state index is -0.443. The normalized spacial score (nSPS) is 35.1. The highest BCUT2D eigenvalue weighted by atomic mass is 16.5. The fourth-order valence-corrected chi connectivity index (χ4v) is 6.39. The SMILES string of the molecule is OCc1noc(-c2cnc3c(c2N[C@H]2C4CC5CC2C[C@@](O)(C5)C4)CCN3)n1. The summed E-state index contributed by atoms with van der Waals surface area (Å²) in [7, 11) is 0. The van der Waals surface area contributed by atoms with Gasteiger partial charge in [-0.05, 0) is 56.3 Å². The van der Waals surface area contributed by atoms with Gasteiger partial charge < -0.3 is 25.4 Å². The monoisotopic (exact) mass is 383 g/mol. The zero-order valence-corrected chi connectivity index (χ0v) is 15.7. The van der Waals surface area contributed by atoms with Crippen LogP contribution in [0.2, 0.25) is 0 Å². The molecule has 148 valence electrons. The van der Waals surface area contributed by atoms with Crippen molar-refractivity contribution in [1.82, 2.24) is 15.1 Å². The number of rotatable bonds is 4. The Morgan fingerprint density at radius 1 is 1.25 bits per heavy atom. The number of hydrogen-bond donors (Lipinski definition) is 4. The number of pyridine rings is 1. The van der Waals surface area contributed by atoms with E-state index in [1.54, 1.807) is 6.20 Å². The van der Waals surface area contributed by atoms with Crippen LogP contribution in [0.4, 0.5) is 11.5 Å². The summed E-state index contributed by atoms with van der Waals surface area (Å²) in [5.41, 5.74) is 2.53. The average molecular weight is 383 g/mol. The summed E-state index contributed by atoms with van der Waals surface area (Å²) < 4.78 is 5.40. The predicted molar refractivity (Wildman–Crippen MR) is 102 cm³/mol. The lowest BCUT2D eigenvalue weighted by molar-refractivity contribution is -0.129. The summed E-state index contributed by atoms with van der Waals surface area (Å²) in [6.07, 6.45) is 7.85.